The number of nitrogens with zero attached hydrogens (tertiary/aromatic N) is 3. The van der Waals surface area contributed by atoms with E-state index in [1.165, 1.54) is 7.11 Å². The molecule has 8 nitrogen and oxygen atoms in total. The molecule has 1 aromatic heterocycles. The molecule has 1 N–H and O–H groups in total. The number of amides is 2. The summed E-state index contributed by atoms with van der Waals surface area (Å²) in [6.07, 6.45) is 9.54. The van der Waals surface area contributed by atoms with E-state index < -0.39 is 0 Å². The number of aryl methyl sites for hydroxylation is 2. The van der Waals surface area contributed by atoms with Gasteiger partial charge in [-0.15, -0.1) is 0 Å². The van der Waals surface area contributed by atoms with Crippen molar-refractivity contribution in [1.29, 1.82) is 0 Å². The third kappa shape index (κ3) is 8.04. The maximum absolute atomic E-state index is 12.9. The van der Waals surface area contributed by atoms with Crippen LogP contribution < -0.4 is 5.32 Å². The Morgan fingerprint density at radius 1 is 1.24 bits per heavy atom. The van der Waals surface area contributed by atoms with E-state index in [1.54, 1.807) is 12.5 Å². The number of benzene rings is 1. The summed E-state index contributed by atoms with van der Waals surface area (Å²) < 4.78 is 6.80. The van der Waals surface area contributed by atoms with Crippen molar-refractivity contribution in [3.05, 3.63) is 54.6 Å². The molecular weight excluding hydrogens is 420 g/mol. The highest BCUT2D eigenvalue weighted by molar-refractivity contribution is 5.86. The van der Waals surface area contributed by atoms with Crippen molar-refractivity contribution in [2.45, 2.75) is 57.5 Å². The van der Waals surface area contributed by atoms with Crippen LogP contribution in [0.15, 0.2) is 49.1 Å². The zero-order valence-electron chi connectivity index (χ0n) is 19.3. The molecule has 1 aromatic carbocycles. The smallest absolute Gasteiger partial charge is 0.307 e. The van der Waals surface area contributed by atoms with Gasteiger partial charge in [0.15, 0.2) is 0 Å². The Kier molecular flexibility index (Phi) is 9.47. The maximum atomic E-state index is 12.9. The highest BCUT2D eigenvalue weighted by Crippen LogP contribution is 2.22. The Morgan fingerprint density at radius 2 is 2.06 bits per heavy atom. The molecule has 0 radical (unpaired) electrons. The molecule has 2 amide bonds. The van der Waals surface area contributed by atoms with Gasteiger partial charge in [-0.1, -0.05) is 30.3 Å². The van der Waals surface area contributed by atoms with Gasteiger partial charge < -0.3 is 19.5 Å². The lowest BCUT2D eigenvalue weighted by atomic mass is 9.93. The molecule has 0 bridgehead atoms. The Balaban J connectivity index is 1.48. The Labute approximate surface area is 195 Å². The fraction of sp³-hybridized carbons (Fsp3) is 0.520. The van der Waals surface area contributed by atoms with Crippen LogP contribution in [-0.4, -0.2) is 58.5 Å². The molecule has 0 saturated carbocycles. The first-order chi connectivity index (χ1) is 16.0. The average Bonchev–Trinajstić information content (AvgIpc) is 3.34. The molecule has 2 atom stereocenters. The van der Waals surface area contributed by atoms with E-state index in [2.05, 4.69) is 10.3 Å². The number of hydrogen-bond acceptors (Lipinski definition) is 5. The minimum Gasteiger partial charge on any atom is -0.469 e. The van der Waals surface area contributed by atoms with E-state index in [9.17, 15) is 14.4 Å². The van der Waals surface area contributed by atoms with Gasteiger partial charge in [-0.05, 0) is 37.7 Å². The van der Waals surface area contributed by atoms with E-state index in [-0.39, 0.29) is 42.6 Å². The van der Waals surface area contributed by atoms with Gasteiger partial charge in [0.1, 0.15) is 0 Å². The quantitative estimate of drug-likeness (QED) is 0.498. The Morgan fingerprint density at radius 3 is 2.79 bits per heavy atom. The summed E-state index contributed by atoms with van der Waals surface area (Å²) in [7, 11) is 1.35. The lowest BCUT2D eigenvalue weighted by Gasteiger charge is -2.32. The molecule has 3 rings (SSSR count). The number of methoxy groups -OCH3 is 1. The third-order valence-electron chi connectivity index (χ3n) is 6.11. The largest absolute Gasteiger partial charge is 0.469 e. The number of rotatable bonds is 12. The van der Waals surface area contributed by atoms with Gasteiger partial charge in [0, 0.05) is 50.4 Å². The van der Waals surface area contributed by atoms with Crippen molar-refractivity contribution in [3.8, 4) is 0 Å². The second-order valence-corrected chi connectivity index (χ2v) is 8.59. The molecule has 2 heterocycles. The Hall–Kier alpha value is -3.16. The van der Waals surface area contributed by atoms with Crippen LogP contribution in [0.2, 0.25) is 0 Å². The van der Waals surface area contributed by atoms with Gasteiger partial charge in [-0.2, -0.15) is 0 Å². The van der Waals surface area contributed by atoms with Crippen molar-refractivity contribution in [2.24, 2.45) is 5.92 Å². The molecule has 1 saturated heterocycles. The van der Waals surface area contributed by atoms with E-state index in [0.29, 0.717) is 13.0 Å². The standard InChI is InChI=1S/C25H34N4O4/c1-33-24(31)18-22(11-10-20-7-3-2-4-8-20)27-23(30)17-21-9-5-14-29(25(21)32)15-6-13-28-16-12-26-19-28/h2-4,7-8,12,16,19,21-22H,5-6,9-11,13-15,17-18H2,1H3,(H,27,30)/t21-,22-/m1/s1. The van der Waals surface area contributed by atoms with Crippen LogP contribution in [0, 0.1) is 5.92 Å². The number of carbonyl (C=O) groups excluding carboxylic acids is 3. The normalized spacial score (nSPS) is 16.9. The molecule has 33 heavy (non-hydrogen) atoms. The summed E-state index contributed by atoms with van der Waals surface area (Å²) in [5, 5.41) is 2.98. The van der Waals surface area contributed by atoms with E-state index >= 15 is 0 Å². The summed E-state index contributed by atoms with van der Waals surface area (Å²) in [5.74, 6) is -0.794. The summed E-state index contributed by atoms with van der Waals surface area (Å²) in [5.41, 5.74) is 1.15. The van der Waals surface area contributed by atoms with Crippen LogP contribution in [0.4, 0.5) is 0 Å². The number of ether oxygens (including phenoxy) is 1. The van der Waals surface area contributed by atoms with E-state index in [0.717, 1.165) is 44.3 Å². The van der Waals surface area contributed by atoms with Crippen molar-refractivity contribution in [2.75, 3.05) is 20.2 Å². The summed E-state index contributed by atoms with van der Waals surface area (Å²) in [6.45, 7) is 2.23. The summed E-state index contributed by atoms with van der Waals surface area (Å²) >= 11 is 0. The molecule has 8 heteroatoms. The number of carbonyl (C=O) groups is 3. The van der Waals surface area contributed by atoms with Crippen molar-refractivity contribution < 1.29 is 19.1 Å². The van der Waals surface area contributed by atoms with Crippen LogP contribution in [0.3, 0.4) is 0 Å². The van der Waals surface area contributed by atoms with Crippen molar-refractivity contribution in [1.82, 2.24) is 19.8 Å². The second-order valence-electron chi connectivity index (χ2n) is 8.59. The minimum absolute atomic E-state index is 0.0517. The molecule has 2 aromatic rings. The maximum Gasteiger partial charge on any atom is 0.307 e. The van der Waals surface area contributed by atoms with Crippen LogP contribution >= 0.6 is 0 Å². The minimum atomic E-state index is -0.355. The fourth-order valence-electron chi connectivity index (χ4n) is 4.30. The molecule has 1 aliphatic rings. The van der Waals surface area contributed by atoms with Gasteiger partial charge in [-0.3, -0.25) is 14.4 Å². The number of likely N-dealkylation sites (tertiary alicyclic amines) is 1. The molecular formula is C25H34N4O4. The van der Waals surface area contributed by atoms with Gasteiger partial charge in [0.05, 0.1) is 19.9 Å². The molecule has 0 aliphatic carbocycles. The van der Waals surface area contributed by atoms with Crippen molar-refractivity contribution >= 4 is 17.8 Å². The van der Waals surface area contributed by atoms with Gasteiger partial charge >= 0.3 is 5.97 Å². The monoisotopic (exact) mass is 454 g/mol. The van der Waals surface area contributed by atoms with Gasteiger partial charge in [0.2, 0.25) is 11.8 Å². The lowest BCUT2D eigenvalue weighted by molar-refractivity contribution is -0.143. The third-order valence-corrected chi connectivity index (χ3v) is 6.11. The summed E-state index contributed by atoms with van der Waals surface area (Å²) in [4.78, 5) is 43.5. The fourth-order valence-corrected chi connectivity index (χ4v) is 4.30. The number of imidazole rings is 1. The molecule has 0 unspecified atom stereocenters. The molecule has 1 aliphatic heterocycles. The highest BCUT2D eigenvalue weighted by Gasteiger charge is 2.30. The van der Waals surface area contributed by atoms with Crippen LogP contribution in [-0.2, 0) is 32.1 Å². The zero-order valence-corrected chi connectivity index (χ0v) is 19.3. The Bertz CT molecular complexity index is 885. The van der Waals surface area contributed by atoms with Crippen LogP contribution in [0.5, 0.6) is 0 Å². The first kappa shape index (κ1) is 24.5. The van der Waals surface area contributed by atoms with Gasteiger partial charge in [0.25, 0.3) is 0 Å². The molecule has 178 valence electrons. The average molecular weight is 455 g/mol. The topological polar surface area (TPSA) is 93.5 Å². The number of nitrogens with one attached hydrogen (secondary N) is 1. The predicted octanol–water partition coefficient (Wildman–Crippen LogP) is 2.58. The number of piperidine rings is 1. The first-order valence-electron chi connectivity index (χ1n) is 11.7. The lowest BCUT2D eigenvalue weighted by Crippen LogP contribution is -2.45. The van der Waals surface area contributed by atoms with Crippen LogP contribution in [0.1, 0.15) is 44.1 Å². The molecule has 0 spiro atoms. The predicted molar refractivity (Wildman–Crippen MR) is 124 cm³/mol. The SMILES string of the molecule is COC(=O)C[C@@H](CCc1ccccc1)NC(=O)C[C@H]1CCCN(CCCn2ccnc2)C1=O. The van der Waals surface area contributed by atoms with Gasteiger partial charge in [-0.25, -0.2) is 4.98 Å². The van der Waals surface area contributed by atoms with E-state index in [4.69, 9.17) is 4.74 Å². The zero-order chi connectivity index (χ0) is 23.5. The first-order valence-corrected chi connectivity index (χ1v) is 11.7. The number of esters is 1. The van der Waals surface area contributed by atoms with Crippen molar-refractivity contribution in [3.63, 3.8) is 0 Å². The van der Waals surface area contributed by atoms with Crippen LogP contribution in [0.25, 0.3) is 0 Å². The highest BCUT2D eigenvalue weighted by atomic mass is 16.5. The van der Waals surface area contributed by atoms with E-state index in [1.807, 2.05) is 46.0 Å². The summed E-state index contributed by atoms with van der Waals surface area (Å²) in [6, 6.07) is 9.63. The number of hydrogen-bond donors (Lipinski definition) is 1. The molecule has 1 fully saturated rings. The second kappa shape index (κ2) is 12.8. The number of aromatic nitrogens is 2.